The quantitative estimate of drug-likeness (QED) is 0.264. The molecule has 2 aromatic carbocycles. The molecule has 0 aliphatic carbocycles. The molecule has 0 bridgehead atoms. The summed E-state index contributed by atoms with van der Waals surface area (Å²) in [5, 5.41) is 8.58. The van der Waals surface area contributed by atoms with E-state index in [2.05, 4.69) is 0 Å². The summed E-state index contributed by atoms with van der Waals surface area (Å²) in [6.07, 6.45) is -4.70. The van der Waals surface area contributed by atoms with E-state index in [9.17, 15) is 26.7 Å². The molecule has 0 aliphatic rings. The third kappa shape index (κ3) is 8.23. The van der Waals surface area contributed by atoms with E-state index in [1.165, 1.54) is 30.3 Å². The number of hydrogen-bond donors (Lipinski definition) is 1. The van der Waals surface area contributed by atoms with E-state index >= 15 is 0 Å². The normalized spacial score (nSPS) is 12.3. The molecule has 3 nitrogen and oxygen atoms in total. The van der Waals surface area contributed by atoms with Gasteiger partial charge < -0.3 is 9.84 Å². The molecule has 0 aliphatic heterocycles. The largest absolute Gasteiger partial charge is 0.478 e. The number of benzene rings is 2. The fraction of sp³-hybridized carbons (Fsp3) is 0.318. The zero-order chi connectivity index (χ0) is 22.2. The lowest BCUT2D eigenvalue weighted by Gasteiger charge is -2.18. The van der Waals surface area contributed by atoms with Gasteiger partial charge in [0.05, 0.1) is 5.56 Å². The zero-order valence-electron chi connectivity index (χ0n) is 16.0. The summed E-state index contributed by atoms with van der Waals surface area (Å²) in [5.41, 5.74) is 0.896. The van der Waals surface area contributed by atoms with Gasteiger partial charge in [-0.15, -0.1) is 0 Å². The Labute approximate surface area is 170 Å². The predicted molar refractivity (Wildman–Crippen MR) is 102 cm³/mol. The number of aliphatic carboxylic acids is 1. The number of halogens is 5. The van der Waals surface area contributed by atoms with Crippen LogP contribution in [0.5, 0.6) is 5.75 Å². The first-order valence-electron chi connectivity index (χ1n) is 9.29. The topological polar surface area (TPSA) is 46.5 Å². The van der Waals surface area contributed by atoms with Gasteiger partial charge in [-0.05, 0) is 60.7 Å². The van der Waals surface area contributed by atoms with Crippen molar-refractivity contribution in [3.05, 3.63) is 71.3 Å². The van der Waals surface area contributed by atoms with Crippen LogP contribution in [-0.2, 0) is 17.3 Å². The van der Waals surface area contributed by atoms with E-state index in [4.69, 9.17) is 9.84 Å². The zero-order valence-corrected chi connectivity index (χ0v) is 16.0. The van der Waals surface area contributed by atoms with E-state index in [1.807, 2.05) is 0 Å². The Kier molecular flexibility index (Phi) is 7.97. The first kappa shape index (κ1) is 23.4. The summed E-state index contributed by atoms with van der Waals surface area (Å²) in [6, 6.07) is 11.0. The Morgan fingerprint density at radius 3 is 2.10 bits per heavy atom. The van der Waals surface area contributed by atoms with Gasteiger partial charge in [0.1, 0.15) is 5.75 Å². The first-order chi connectivity index (χ1) is 14.0. The molecule has 2 aromatic rings. The Morgan fingerprint density at radius 1 is 0.900 bits per heavy atom. The van der Waals surface area contributed by atoms with Gasteiger partial charge in [-0.25, -0.2) is 4.79 Å². The van der Waals surface area contributed by atoms with E-state index in [0.717, 1.165) is 23.8 Å². The van der Waals surface area contributed by atoms with Crippen LogP contribution in [0.25, 0.3) is 6.08 Å². The highest BCUT2D eigenvalue weighted by atomic mass is 19.4. The SMILES string of the molecule is O=C(O)C=Cc1ccc(C(F)(F)Oc2ccc(CCCCCC(F)(F)F)cc2)cc1. The van der Waals surface area contributed by atoms with Crippen LogP contribution in [0, 0.1) is 0 Å². The molecular formula is C22H21F5O3. The smallest absolute Gasteiger partial charge is 0.426 e. The maximum atomic E-state index is 14.3. The lowest BCUT2D eigenvalue weighted by atomic mass is 10.1. The van der Waals surface area contributed by atoms with Gasteiger partial charge in [-0.3, -0.25) is 0 Å². The molecular weight excluding hydrogens is 407 g/mol. The monoisotopic (exact) mass is 428 g/mol. The van der Waals surface area contributed by atoms with Gasteiger partial charge in [-0.1, -0.05) is 30.7 Å². The summed E-state index contributed by atoms with van der Waals surface area (Å²) in [7, 11) is 0. The van der Waals surface area contributed by atoms with E-state index in [1.54, 1.807) is 12.1 Å². The highest BCUT2D eigenvalue weighted by Crippen LogP contribution is 2.32. The number of rotatable bonds is 10. The molecule has 0 unspecified atom stereocenters. The Balaban J connectivity index is 1.88. The Morgan fingerprint density at radius 2 is 1.53 bits per heavy atom. The summed E-state index contributed by atoms with van der Waals surface area (Å²) < 4.78 is 69.8. The molecule has 2 rings (SSSR count). The van der Waals surface area contributed by atoms with Crippen molar-refractivity contribution in [2.75, 3.05) is 0 Å². The number of hydrogen-bond acceptors (Lipinski definition) is 2. The van der Waals surface area contributed by atoms with Crippen molar-refractivity contribution in [2.24, 2.45) is 0 Å². The molecule has 0 saturated heterocycles. The van der Waals surface area contributed by atoms with Gasteiger partial charge in [0.2, 0.25) is 0 Å². The number of carboxylic acid groups (broad SMARTS) is 1. The Bertz CT molecular complexity index is 841. The number of ether oxygens (including phenoxy) is 1. The number of carboxylic acids is 1. The van der Waals surface area contributed by atoms with Crippen molar-refractivity contribution >= 4 is 12.0 Å². The summed E-state index contributed by atoms with van der Waals surface area (Å²) in [6.45, 7) is 0. The molecule has 0 aromatic heterocycles. The maximum Gasteiger partial charge on any atom is 0.426 e. The van der Waals surface area contributed by atoms with Gasteiger partial charge >= 0.3 is 18.3 Å². The first-order valence-corrected chi connectivity index (χ1v) is 9.29. The minimum absolute atomic E-state index is 0.0457. The van der Waals surface area contributed by atoms with Crippen LogP contribution in [0.15, 0.2) is 54.6 Å². The van der Waals surface area contributed by atoms with Crippen molar-refractivity contribution in [1.29, 1.82) is 0 Å². The van der Waals surface area contributed by atoms with Crippen LogP contribution in [0.2, 0.25) is 0 Å². The molecule has 0 amide bonds. The molecule has 1 N–H and O–H groups in total. The average Bonchev–Trinajstić information content (AvgIpc) is 2.66. The van der Waals surface area contributed by atoms with Crippen molar-refractivity contribution in [3.63, 3.8) is 0 Å². The second-order valence-electron chi connectivity index (χ2n) is 6.73. The van der Waals surface area contributed by atoms with Crippen LogP contribution in [-0.4, -0.2) is 17.3 Å². The van der Waals surface area contributed by atoms with Gasteiger partial charge in [0.15, 0.2) is 0 Å². The Hall–Kier alpha value is -2.90. The van der Waals surface area contributed by atoms with Crippen LogP contribution in [0.1, 0.15) is 42.4 Å². The highest BCUT2D eigenvalue weighted by molar-refractivity contribution is 5.85. The number of carbonyl (C=O) groups is 1. The summed E-state index contributed by atoms with van der Waals surface area (Å²) in [4.78, 5) is 10.5. The van der Waals surface area contributed by atoms with Crippen LogP contribution in [0.3, 0.4) is 0 Å². The van der Waals surface area contributed by atoms with Crippen LogP contribution in [0.4, 0.5) is 22.0 Å². The van der Waals surface area contributed by atoms with Crippen LogP contribution < -0.4 is 4.74 Å². The van der Waals surface area contributed by atoms with E-state index in [0.29, 0.717) is 24.8 Å². The third-order valence-electron chi connectivity index (χ3n) is 4.26. The molecule has 0 heterocycles. The van der Waals surface area contributed by atoms with Crippen molar-refractivity contribution in [2.45, 2.75) is 44.4 Å². The second-order valence-corrected chi connectivity index (χ2v) is 6.73. The molecule has 0 radical (unpaired) electrons. The summed E-state index contributed by atoms with van der Waals surface area (Å²) >= 11 is 0. The molecule has 0 atom stereocenters. The molecule has 0 spiro atoms. The second kappa shape index (κ2) is 10.2. The van der Waals surface area contributed by atoms with E-state index < -0.39 is 24.7 Å². The fourth-order valence-electron chi connectivity index (χ4n) is 2.72. The molecule has 162 valence electrons. The number of unbranched alkanes of at least 4 members (excludes halogenated alkanes) is 2. The lowest BCUT2D eigenvalue weighted by Crippen LogP contribution is -2.21. The minimum Gasteiger partial charge on any atom is -0.478 e. The predicted octanol–water partition coefficient (Wildman–Crippen LogP) is 6.58. The van der Waals surface area contributed by atoms with Crippen molar-refractivity contribution < 1.29 is 36.6 Å². The fourth-order valence-corrected chi connectivity index (χ4v) is 2.72. The highest BCUT2D eigenvalue weighted by Gasteiger charge is 2.34. The van der Waals surface area contributed by atoms with Gasteiger partial charge in [0.25, 0.3) is 0 Å². The lowest BCUT2D eigenvalue weighted by molar-refractivity contribution is -0.185. The molecule has 0 fully saturated rings. The maximum absolute atomic E-state index is 14.3. The average molecular weight is 428 g/mol. The number of aryl methyl sites for hydroxylation is 1. The third-order valence-corrected chi connectivity index (χ3v) is 4.26. The van der Waals surface area contributed by atoms with Crippen molar-refractivity contribution in [3.8, 4) is 5.75 Å². The molecule has 0 saturated carbocycles. The van der Waals surface area contributed by atoms with Crippen LogP contribution >= 0.6 is 0 Å². The van der Waals surface area contributed by atoms with Crippen molar-refractivity contribution in [1.82, 2.24) is 0 Å². The number of alkyl halides is 5. The van der Waals surface area contributed by atoms with E-state index in [-0.39, 0.29) is 17.7 Å². The minimum atomic E-state index is -4.14. The standard InChI is InChI=1S/C22H21F5O3/c23-21(24,25)15-3-1-2-4-16-7-12-19(13-8-16)30-22(26,27)18-10-5-17(6-11-18)9-14-20(28)29/h5-14H,1-4,15H2,(H,28,29). The molecule has 8 heteroatoms. The summed E-state index contributed by atoms with van der Waals surface area (Å²) in [5.74, 6) is -1.19. The van der Waals surface area contributed by atoms with Gasteiger partial charge in [0, 0.05) is 12.5 Å². The van der Waals surface area contributed by atoms with Gasteiger partial charge in [-0.2, -0.15) is 22.0 Å². The molecule has 30 heavy (non-hydrogen) atoms.